The number of carbonyl (C=O) groups is 1. The van der Waals surface area contributed by atoms with Crippen LogP contribution in [0.3, 0.4) is 0 Å². The molecule has 0 saturated carbocycles. The molecular formula is C14H19N3O2. The van der Waals surface area contributed by atoms with Crippen LogP contribution in [-0.2, 0) is 11.3 Å². The summed E-state index contributed by atoms with van der Waals surface area (Å²) in [5, 5.41) is 8.75. The Morgan fingerprint density at radius 3 is 2.74 bits per heavy atom. The Bertz CT molecular complexity index is 513. The Hall–Kier alpha value is -1.80. The second-order valence-corrected chi connectivity index (χ2v) is 5.55. The van der Waals surface area contributed by atoms with E-state index >= 15 is 0 Å². The summed E-state index contributed by atoms with van der Waals surface area (Å²) in [5.41, 5.74) is -0.0937. The Balaban J connectivity index is 2.05. The van der Waals surface area contributed by atoms with Crippen molar-refractivity contribution in [3.05, 3.63) is 23.7 Å². The van der Waals surface area contributed by atoms with E-state index in [1.165, 1.54) is 0 Å². The van der Waals surface area contributed by atoms with Crippen LogP contribution in [0.25, 0.3) is 0 Å². The van der Waals surface area contributed by atoms with Gasteiger partial charge in [0.25, 0.3) is 0 Å². The number of amides is 1. The molecule has 0 aromatic carbocycles. The van der Waals surface area contributed by atoms with Crippen molar-refractivity contribution in [1.29, 1.82) is 5.26 Å². The van der Waals surface area contributed by atoms with Crippen molar-refractivity contribution < 1.29 is 9.21 Å². The lowest BCUT2D eigenvalue weighted by molar-refractivity contribution is -0.134. The maximum atomic E-state index is 11.4. The fourth-order valence-corrected chi connectivity index (χ4v) is 2.46. The topological polar surface area (TPSA) is 60.5 Å². The minimum atomic E-state index is -0.0937. The molecule has 2 rings (SSSR count). The molecule has 5 heteroatoms. The molecule has 0 radical (unpaired) electrons. The molecule has 1 aliphatic heterocycles. The van der Waals surface area contributed by atoms with E-state index in [1.807, 2.05) is 17.0 Å². The summed E-state index contributed by atoms with van der Waals surface area (Å²) in [5.74, 6) is 1.26. The predicted molar refractivity (Wildman–Crippen MR) is 70.2 cm³/mol. The lowest BCUT2D eigenvalue weighted by Crippen LogP contribution is -2.59. The van der Waals surface area contributed by atoms with Crippen LogP contribution in [0.1, 0.15) is 32.3 Å². The Labute approximate surface area is 113 Å². The molecule has 5 nitrogen and oxygen atoms in total. The highest BCUT2D eigenvalue weighted by Gasteiger charge is 2.34. The van der Waals surface area contributed by atoms with Gasteiger partial charge < -0.3 is 9.32 Å². The van der Waals surface area contributed by atoms with Gasteiger partial charge in [-0.2, -0.15) is 5.26 Å². The second-order valence-electron chi connectivity index (χ2n) is 5.55. The summed E-state index contributed by atoms with van der Waals surface area (Å²) < 4.78 is 5.42. The Kier molecular flexibility index (Phi) is 3.63. The van der Waals surface area contributed by atoms with Gasteiger partial charge in [0.15, 0.2) is 0 Å². The van der Waals surface area contributed by atoms with Gasteiger partial charge in [-0.15, -0.1) is 0 Å². The molecule has 1 fully saturated rings. The smallest absolute Gasteiger partial charge is 0.219 e. The number of furan rings is 1. The van der Waals surface area contributed by atoms with Crippen molar-refractivity contribution in [2.45, 2.75) is 32.9 Å². The molecule has 0 bridgehead atoms. The van der Waals surface area contributed by atoms with E-state index in [-0.39, 0.29) is 11.4 Å². The highest BCUT2D eigenvalue weighted by atomic mass is 16.3. The fraction of sp³-hybridized carbons (Fsp3) is 0.571. The molecule has 0 spiro atoms. The molecule has 0 atom stereocenters. The number of hydrogen-bond donors (Lipinski definition) is 0. The lowest BCUT2D eigenvalue weighted by atomic mass is 9.98. The number of nitriles is 1. The zero-order valence-corrected chi connectivity index (χ0v) is 11.6. The average molecular weight is 261 g/mol. The van der Waals surface area contributed by atoms with Crippen molar-refractivity contribution in [2.24, 2.45) is 0 Å². The van der Waals surface area contributed by atoms with Gasteiger partial charge >= 0.3 is 0 Å². The van der Waals surface area contributed by atoms with Crippen LogP contribution < -0.4 is 0 Å². The summed E-state index contributed by atoms with van der Waals surface area (Å²) in [6.07, 6.45) is 0. The quantitative estimate of drug-likeness (QED) is 0.811. The van der Waals surface area contributed by atoms with Gasteiger partial charge in [-0.25, -0.2) is 0 Å². The maximum Gasteiger partial charge on any atom is 0.219 e. The van der Waals surface area contributed by atoms with Crippen molar-refractivity contribution in [3.8, 4) is 6.07 Å². The van der Waals surface area contributed by atoms with Gasteiger partial charge in [0.05, 0.1) is 6.54 Å². The van der Waals surface area contributed by atoms with Crippen LogP contribution in [0.15, 0.2) is 16.5 Å². The van der Waals surface area contributed by atoms with Gasteiger partial charge in [0.2, 0.25) is 11.7 Å². The van der Waals surface area contributed by atoms with Crippen LogP contribution in [0, 0.1) is 11.3 Å². The van der Waals surface area contributed by atoms with Crippen molar-refractivity contribution in [1.82, 2.24) is 9.80 Å². The van der Waals surface area contributed by atoms with E-state index in [0.717, 1.165) is 18.8 Å². The van der Waals surface area contributed by atoms with Crippen LogP contribution in [0.2, 0.25) is 0 Å². The first-order valence-corrected chi connectivity index (χ1v) is 6.42. The molecule has 19 heavy (non-hydrogen) atoms. The van der Waals surface area contributed by atoms with E-state index in [0.29, 0.717) is 18.8 Å². The van der Waals surface area contributed by atoms with Crippen LogP contribution in [0.5, 0.6) is 0 Å². The molecule has 1 amide bonds. The van der Waals surface area contributed by atoms with Gasteiger partial charge in [-0.1, -0.05) is 0 Å². The lowest BCUT2D eigenvalue weighted by Gasteiger charge is -2.46. The van der Waals surface area contributed by atoms with Crippen LogP contribution in [0.4, 0.5) is 0 Å². The summed E-state index contributed by atoms with van der Waals surface area (Å²) in [6.45, 7) is 8.79. The van der Waals surface area contributed by atoms with Crippen molar-refractivity contribution in [2.75, 3.05) is 19.6 Å². The monoisotopic (exact) mass is 261 g/mol. The SMILES string of the molecule is CC(=O)N1CCN(Cc2ccc(C#N)o2)C(C)(C)C1. The predicted octanol–water partition coefficient (Wildman–Crippen LogP) is 1.59. The summed E-state index contributed by atoms with van der Waals surface area (Å²) in [4.78, 5) is 15.6. The van der Waals surface area contributed by atoms with Gasteiger partial charge in [-0.05, 0) is 26.0 Å². The molecule has 102 valence electrons. The molecule has 1 aromatic rings. The van der Waals surface area contributed by atoms with Crippen LogP contribution >= 0.6 is 0 Å². The summed E-state index contributed by atoms with van der Waals surface area (Å²) in [7, 11) is 0. The summed E-state index contributed by atoms with van der Waals surface area (Å²) in [6, 6.07) is 5.52. The third-order valence-electron chi connectivity index (χ3n) is 3.64. The van der Waals surface area contributed by atoms with Gasteiger partial charge in [0, 0.05) is 32.1 Å². The van der Waals surface area contributed by atoms with E-state index in [4.69, 9.17) is 9.68 Å². The number of piperazine rings is 1. The molecule has 1 aliphatic rings. The largest absolute Gasteiger partial charge is 0.449 e. The number of nitrogens with zero attached hydrogens (tertiary/aromatic N) is 3. The minimum Gasteiger partial charge on any atom is -0.449 e. The Morgan fingerprint density at radius 2 is 2.21 bits per heavy atom. The van der Waals surface area contributed by atoms with Gasteiger partial charge in [-0.3, -0.25) is 9.69 Å². The van der Waals surface area contributed by atoms with Crippen LogP contribution in [-0.4, -0.2) is 40.9 Å². The third-order valence-corrected chi connectivity index (χ3v) is 3.64. The van der Waals surface area contributed by atoms with Gasteiger partial charge in [0.1, 0.15) is 11.8 Å². The first-order valence-electron chi connectivity index (χ1n) is 6.42. The number of carbonyl (C=O) groups excluding carboxylic acids is 1. The fourth-order valence-electron chi connectivity index (χ4n) is 2.46. The van der Waals surface area contributed by atoms with E-state index in [1.54, 1.807) is 13.0 Å². The molecular weight excluding hydrogens is 242 g/mol. The first kappa shape index (κ1) is 13.6. The highest BCUT2D eigenvalue weighted by molar-refractivity contribution is 5.73. The molecule has 0 unspecified atom stereocenters. The van der Waals surface area contributed by atoms with E-state index in [9.17, 15) is 4.79 Å². The summed E-state index contributed by atoms with van der Waals surface area (Å²) >= 11 is 0. The molecule has 1 saturated heterocycles. The minimum absolute atomic E-state index is 0.0937. The Morgan fingerprint density at radius 1 is 1.47 bits per heavy atom. The zero-order valence-electron chi connectivity index (χ0n) is 11.6. The standard InChI is InChI=1S/C14H19N3O2/c1-11(18)16-6-7-17(14(2,3)10-16)9-13-5-4-12(8-15)19-13/h4-5H,6-7,9-10H2,1-3H3. The third kappa shape index (κ3) is 2.96. The van der Waals surface area contributed by atoms with Crippen molar-refractivity contribution in [3.63, 3.8) is 0 Å². The van der Waals surface area contributed by atoms with E-state index < -0.39 is 0 Å². The van der Waals surface area contributed by atoms with E-state index in [2.05, 4.69) is 18.7 Å². The molecule has 2 heterocycles. The molecule has 0 aliphatic carbocycles. The second kappa shape index (κ2) is 5.06. The molecule has 0 N–H and O–H groups in total. The normalized spacial score (nSPS) is 19.2. The number of rotatable bonds is 2. The highest BCUT2D eigenvalue weighted by Crippen LogP contribution is 2.24. The number of hydrogen-bond acceptors (Lipinski definition) is 4. The first-order chi connectivity index (χ1) is 8.92. The molecule has 1 aromatic heterocycles. The average Bonchev–Trinajstić information content (AvgIpc) is 2.79. The maximum absolute atomic E-state index is 11.4. The van der Waals surface area contributed by atoms with Crippen molar-refractivity contribution >= 4 is 5.91 Å². The zero-order chi connectivity index (χ0) is 14.0.